The number of unbranched alkanes of at least 4 members (excludes halogenated alkanes) is 4. The predicted molar refractivity (Wildman–Crippen MR) is 147 cm³/mol. The van der Waals surface area contributed by atoms with E-state index in [1.54, 1.807) is 30.3 Å². The van der Waals surface area contributed by atoms with Crippen LogP contribution in [0.15, 0.2) is 48.5 Å². The summed E-state index contributed by atoms with van der Waals surface area (Å²) in [5, 5.41) is 0. The van der Waals surface area contributed by atoms with Gasteiger partial charge in [0.05, 0.1) is 6.61 Å². The Kier molecular flexibility index (Phi) is 10.3. The van der Waals surface area contributed by atoms with Crippen LogP contribution in [0.25, 0.3) is 11.1 Å². The lowest BCUT2D eigenvalue weighted by Gasteiger charge is -2.27. The molecule has 0 saturated heterocycles. The van der Waals surface area contributed by atoms with Gasteiger partial charge in [0, 0.05) is 5.56 Å². The maximum Gasteiger partial charge on any atom is 0.201 e. The van der Waals surface area contributed by atoms with Crippen molar-refractivity contribution < 1.29 is 27.0 Å². The Labute approximate surface area is 229 Å². The molecule has 0 spiro atoms. The molecule has 1 aliphatic rings. The Hall–Kier alpha value is -3.02. The molecule has 3 aromatic carbocycles. The Morgan fingerprint density at radius 2 is 1.31 bits per heavy atom. The lowest BCUT2D eigenvalue weighted by molar-refractivity contribution is 0.282. The van der Waals surface area contributed by atoms with Crippen LogP contribution in [0.5, 0.6) is 11.5 Å². The molecule has 0 aromatic heterocycles. The van der Waals surface area contributed by atoms with Gasteiger partial charge in [-0.05, 0) is 66.0 Å². The summed E-state index contributed by atoms with van der Waals surface area (Å²) in [6.45, 7) is 4.69. The molecule has 0 bridgehead atoms. The van der Waals surface area contributed by atoms with Gasteiger partial charge in [-0.1, -0.05) is 82.7 Å². The number of ether oxygens (including phenoxy) is 2. The third kappa shape index (κ3) is 7.34. The SMILES string of the molecule is CCCCCCCOc1ccc(-c2ccc(COc3ccc(C4CCC(C)CC4)c(F)c3F)cc2)c(F)c1F. The molecule has 39 heavy (non-hydrogen) atoms. The highest BCUT2D eigenvalue weighted by molar-refractivity contribution is 5.65. The highest BCUT2D eigenvalue weighted by Crippen LogP contribution is 2.38. The van der Waals surface area contributed by atoms with Crippen molar-refractivity contribution in [2.24, 2.45) is 5.92 Å². The van der Waals surface area contributed by atoms with E-state index < -0.39 is 23.3 Å². The van der Waals surface area contributed by atoms with Gasteiger partial charge in [-0.2, -0.15) is 8.78 Å². The van der Waals surface area contributed by atoms with E-state index in [9.17, 15) is 17.6 Å². The number of halogens is 4. The summed E-state index contributed by atoms with van der Waals surface area (Å²) in [6, 6.07) is 12.8. The molecule has 6 heteroatoms. The van der Waals surface area contributed by atoms with Crippen molar-refractivity contribution in [2.45, 2.75) is 84.2 Å². The predicted octanol–water partition coefficient (Wildman–Crippen LogP) is 10.1. The number of benzene rings is 3. The second-order valence-corrected chi connectivity index (χ2v) is 10.7. The average molecular weight is 543 g/mol. The van der Waals surface area contributed by atoms with Crippen molar-refractivity contribution in [3.63, 3.8) is 0 Å². The summed E-state index contributed by atoms with van der Waals surface area (Å²) in [5.41, 5.74) is 1.72. The normalized spacial score (nSPS) is 17.3. The number of hydrogen-bond acceptors (Lipinski definition) is 2. The van der Waals surface area contributed by atoms with Gasteiger partial charge in [0.2, 0.25) is 11.6 Å². The molecule has 0 heterocycles. The van der Waals surface area contributed by atoms with Crippen molar-refractivity contribution in [1.29, 1.82) is 0 Å². The van der Waals surface area contributed by atoms with Crippen LogP contribution < -0.4 is 9.47 Å². The molecule has 1 saturated carbocycles. The molecule has 3 aromatic rings. The lowest BCUT2D eigenvalue weighted by atomic mass is 9.79. The smallest absolute Gasteiger partial charge is 0.201 e. The minimum absolute atomic E-state index is 0.0127. The van der Waals surface area contributed by atoms with Crippen molar-refractivity contribution in [3.8, 4) is 22.6 Å². The highest BCUT2D eigenvalue weighted by atomic mass is 19.2. The van der Waals surface area contributed by atoms with E-state index >= 15 is 0 Å². The second kappa shape index (κ2) is 13.9. The van der Waals surface area contributed by atoms with Gasteiger partial charge < -0.3 is 9.47 Å². The second-order valence-electron chi connectivity index (χ2n) is 10.7. The summed E-state index contributed by atoms with van der Waals surface area (Å²) in [4.78, 5) is 0. The van der Waals surface area contributed by atoms with Crippen molar-refractivity contribution >= 4 is 0 Å². The Bertz CT molecular complexity index is 1220. The molecule has 0 unspecified atom stereocenters. The third-order valence-corrected chi connectivity index (χ3v) is 7.74. The van der Waals surface area contributed by atoms with Gasteiger partial charge in [-0.3, -0.25) is 0 Å². The van der Waals surface area contributed by atoms with Gasteiger partial charge in [0.1, 0.15) is 6.61 Å². The molecule has 1 aliphatic carbocycles. The summed E-state index contributed by atoms with van der Waals surface area (Å²) >= 11 is 0. The van der Waals surface area contributed by atoms with E-state index in [0.29, 0.717) is 29.2 Å². The Balaban J connectivity index is 1.35. The summed E-state index contributed by atoms with van der Waals surface area (Å²) in [6.07, 6.45) is 8.97. The van der Waals surface area contributed by atoms with Gasteiger partial charge in [0.25, 0.3) is 0 Å². The monoisotopic (exact) mass is 542 g/mol. The van der Waals surface area contributed by atoms with Crippen molar-refractivity contribution in [2.75, 3.05) is 6.61 Å². The Morgan fingerprint density at radius 3 is 2.03 bits per heavy atom. The first-order valence-electron chi connectivity index (χ1n) is 14.2. The average Bonchev–Trinajstić information content (AvgIpc) is 2.95. The molecule has 2 nitrogen and oxygen atoms in total. The molecule has 0 aliphatic heterocycles. The fourth-order valence-corrected chi connectivity index (χ4v) is 5.24. The van der Waals surface area contributed by atoms with Crippen LogP contribution in [0.3, 0.4) is 0 Å². The molecular formula is C33H38F4O2. The van der Waals surface area contributed by atoms with E-state index in [0.717, 1.165) is 57.8 Å². The summed E-state index contributed by atoms with van der Waals surface area (Å²) < 4.78 is 70.0. The largest absolute Gasteiger partial charge is 0.490 e. The van der Waals surface area contributed by atoms with E-state index in [1.165, 1.54) is 18.2 Å². The maximum atomic E-state index is 14.8. The molecule has 0 atom stereocenters. The molecule has 0 N–H and O–H groups in total. The van der Waals surface area contributed by atoms with E-state index in [-0.39, 0.29) is 29.6 Å². The van der Waals surface area contributed by atoms with E-state index in [4.69, 9.17) is 9.47 Å². The lowest BCUT2D eigenvalue weighted by Crippen LogP contribution is -2.13. The number of hydrogen-bond donors (Lipinski definition) is 0. The summed E-state index contributed by atoms with van der Waals surface area (Å²) in [7, 11) is 0. The highest BCUT2D eigenvalue weighted by Gasteiger charge is 2.25. The molecule has 4 rings (SSSR count). The van der Waals surface area contributed by atoms with Crippen LogP contribution in [0.2, 0.25) is 0 Å². The van der Waals surface area contributed by atoms with Crippen molar-refractivity contribution in [1.82, 2.24) is 0 Å². The molecule has 0 amide bonds. The first kappa shape index (κ1) is 29.0. The zero-order valence-corrected chi connectivity index (χ0v) is 22.9. The van der Waals surface area contributed by atoms with Crippen LogP contribution in [0.1, 0.15) is 88.7 Å². The molecule has 1 fully saturated rings. The standard InChI is InChI=1S/C33H38F4O2/c1-3-4-5-6-7-20-38-28-18-16-27(30(34)32(28)36)25-14-10-23(11-15-25)21-39-29-19-17-26(31(35)33(29)37)24-12-8-22(2)9-13-24/h10-11,14-19,22,24H,3-9,12-13,20-21H2,1-2H3. The fraction of sp³-hybridized carbons (Fsp3) is 0.455. The van der Waals surface area contributed by atoms with E-state index in [2.05, 4.69) is 13.8 Å². The first-order chi connectivity index (χ1) is 18.9. The molecule has 0 radical (unpaired) electrons. The van der Waals surface area contributed by atoms with Gasteiger partial charge in [-0.15, -0.1) is 0 Å². The van der Waals surface area contributed by atoms with Crippen LogP contribution >= 0.6 is 0 Å². The maximum absolute atomic E-state index is 14.8. The van der Waals surface area contributed by atoms with E-state index in [1.807, 2.05) is 0 Å². The third-order valence-electron chi connectivity index (χ3n) is 7.74. The van der Waals surface area contributed by atoms with Gasteiger partial charge in [0.15, 0.2) is 23.1 Å². The van der Waals surface area contributed by atoms with Crippen LogP contribution in [-0.2, 0) is 6.61 Å². The topological polar surface area (TPSA) is 18.5 Å². The van der Waals surface area contributed by atoms with Gasteiger partial charge >= 0.3 is 0 Å². The summed E-state index contributed by atoms with van der Waals surface area (Å²) in [5.74, 6) is -3.33. The molecule has 210 valence electrons. The van der Waals surface area contributed by atoms with Crippen LogP contribution in [0, 0.1) is 29.2 Å². The molecular weight excluding hydrogens is 504 g/mol. The Morgan fingerprint density at radius 1 is 0.667 bits per heavy atom. The fourth-order valence-electron chi connectivity index (χ4n) is 5.24. The van der Waals surface area contributed by atoms with Crippen molar-refractivity contribution in [3.05, 3.63) is 82.9 Å². The minimum Gasteiger partial charge on any atom is -0.490 e. The number of rotatable bonds is 12. The first-order valence-corrected chi connectivity index (χ1v) is 14.2. The van der Waals surface area contributed by atoms with Crippen LogP contribution in [0.4, 0.5) is 17.6 Å². The van der Waals surface area contributed by atoms with Crippen LogP contribution in [-0.4, -0.2) is 6.61 Å². The minimum atomic E-state index is -1.00. The quantitative estimate of drug-likeness (QED) is 0.167. The zero-order valence-electron chi connectivity index (χ0n) is 22.9. The van der Waals surface area contributed by atoms with Gasteiger partial charge in [-0.25, -0.2) is 8.78 Å². The zero-order chi connectivity index (χ0) is 27.8.